The summed E-state index contributed by atoms with van der Waals surface area (Å²) in [5.41, 5.74) is 2.20. The van der Waals surface area contributed by atoms with E-state index in [1.165, 1.54) is 12.8 Å². The van der Waals surface area contributed by atoms with E-state index in [2.05, 4.69) is 47.6 Å². The molecule has 1 unspecified atom stereocenters. The van der Waals surface area contributed by atoms with Gasteiger partial charge in [-0.15, -0.1) is 0 Å². The molecule has 2 aromatic rings. The lowest BCUT2D eigenvalue weighted by atomic mass is 9.92. The first kappa shape index (κ1) is 13.4. The van der Waals surface area contributed by atoms with E-state index < -0.39 is 0 Å². The fraction of sp³-hybridized carbons (Fsp3) is 0.600. The Morgan fingerprint density at radius 3 is 2.95 bits per heavy atom. The van der Waals surface area contributed by atoms with Crippen molar-refractivity contribution in [2.75, 3.05) is 18.4 Å². The van der Waals surface area contributed by atoms with Crippen molar-refractivity contribution in [2.45, 2.75) is 45.1 Å². The summed E-state index contributed by atoms with van der Waals surface area (Å²) in [7, 11) is 0. The molecule has 3 rings (SSSR count). The lowest BCUT2D eigenvalue weighted by molar-refractivity contribution is 0.479. The number of piperidine rings is 1. The van der Waals surface area contributed by atoms with E-state index in [4.69, 9.17) is 0 Å². The Hall–Kier alpha value is -1.62. The standard InChI is InChI=1S/C15H23N5/c1-15(2,3)13-9-12-14(17-7-8-20(12)19-13)18-11-5-4-6-16-10-11/h7-9,11,16H,4-6,10H2,1-3H3,(H,17,18). The highest BCUT2D eigenvalue weighted by atomic mass is 15.2. The maximum atomic E-state index is 4.66. The van der Waals surface area contributed by atoms with Crippen molar-refractivity contribution in [3.05, 3.63) is 24.2 Å². The number of aromatic nitrogens is 3. The third-order valence-electron chi connectivity index (χ3n) is 3.80. The quantitative estimate of drug-likeness (QED) is 0.880. The molecule has 1 atom stereocenters. The van der Waals surface area contributed by atoms with Gasteiger partial charge < -0.3 is 10.6 Å². The van der Waals surface area contributed by atoms with E-state index in [-0.39, 0.29) is 5.41 Å². The summed E-state index contributed by atoms with van der Waals surface area (Å²) < 4.78 is 1.92. The second kappa shape index (κ2) is 5.05. The van der Waals surface area contributed by atoms with Gasteiger partial charge >= 0.3 is 0 Å². The molecule has 0 aromatic carbocycles. The predicted octanol–water partition coefficient (Wildman–Crippen LogP) is 2.19. The monoisotopic (exact) mass is 273 g/mol. The van der Waals surface area contributed by atoms with Crippen LogP contribution in [0.2, 0.25) is 0 Å². The molecular weight excluding hydrogens is 250 g/mol. The highest BCUT2D eigenvalue weighted by molar-refractivity contribution is 5.68. The first-order valence-corrected chi connectivity index (χ1v) is 7.36. The lowest BCUT2D eigenvalue weighted by Gasteiger charge is -2.24. The fourth-order valence-electron chi connectivity index (χ4n) is 2.57. The zero-order chi connectivity index (χ0) is 14.2. The molecule has 0 amide bonds. The molecule has 0 saturated carbocycles. The topological polar surface area (TPSA) is 54.2 Å². The first-order chi connectivity index (χ1) is 9.54. The van der Waals surface area contributed by atoms with Crippen LogP contribution in [0.15, 0.2) is 18.5 Å². The molecule has 0 spiro atoms. The Kier molecular flexibility index (Phi) is 3.38. The van der Waals surface area contributed by atoms with Gasteiger partial charge in [0.15, 0.2) is 5.82 Å². The molecule has 0 radical (unpaired) electrons. The maximum absolute atomic E-state index is 4.66. The van der Waals surface area contributed by atoms with Gasteiger partial charge in [0.1, 0.15) is 5.52 Å². The number of nitrogens with one attached hydrogen (secondary N) is 2. The molecule has 0 bridgehead atoms. The van der Waals surface area contributed by atoms with Crippen LogP contribution < -0.4 is 10.6 Å². The molecular formula is C15H23N5. The molecule has 2 N–H and O–H groups in total. The first-order valence-electron chi connectivity index (χ1n) is 7.36. The number of anilines is 1. The summed E-state index contributed by atoms with van der Waals surface area (Å²) in [5, 5.41) is 11.6. The van der Waals surface area contributed by atoms with Gasteiger partial charge in [0.25, 0.3) is 0 Å². The average molecular weight is 273 g/mol. The largest absolute Gasteiger partial charge is 0.364 e. The Labute approximate surface area is 119 Å². The highest BCUT2D eigenvalue weighted by Gasteiger charge is 2.20. The van der Waals surface area contributed by atoms with Crippen LogP contribution in [-0.2, 0) is 5.41 Å². The van der Waals surface area contributed by atoms with E-state index in [1.54, 1.807) is 0 Å². The molecule has 3 heterocycles. The second-order valence-corrected chi connectivity index (χ2v) is 6.57. The van der Waals surface area contributed by atoms with Gasteiger partial charge in [-0.25, -0.2) is 9.50 Å². The van der Waals surface area contributed by atoms with Crippen molar-refractivity contribution < 1.29 is 0 Å². The van der Waals surface area contributed by atoms with Gasteiger partial charge in [0, 0.05) is 30.4 Å². The summed E-state index contributed by atoms with van der Waals surface area (Å²) in [4.78, 5) is 4.50. The molecule has 0 aliphatic carbocycles. The molecule has 108 valence electrons. The van der Waals surface area contributed by atoms with E-state index in [0.717, 1.165) is 30.1 Å². The number of fused-ring (bicyclic) bond motifs is 1. The zero-order valence-corrected chi connectivity index (χ0v) is 12.5. The number of rotatable bonds is 2. The number of nitrogens with zero attached hydrogens (tertiary/aromatic N) is 3. The SMILES string of the molecule is CC(C)(C)c1cc2c(NC3CCCNC3)nccn2n1. The molecule has 5 nitrogen and oxygen atoms in total. The third kappa shape index (κ3) is 2.63. The number of hydrogen-bond acceptors (Lipinski definition) is 4. The van der Waals surface area contributed by atoms with E-state index in [9.17, 15) is 0 Å². The molecule has 1 aliphatic heterocycles. The van der Waals surface area contributed by atoms with E-state index >= 15 is 0 Å². The third-order valence-corrected chi connectivity index (χ3v) is 3.80. The van der Waals surface area contributed by atoms with Crippen molar-refractivity contribution in [2.24, 2.45) is 0 Å². The van der Waals surface area contributed by atoms with Gasteiger partial charge in [0.2, 0.25) is 0 Å². The predicted molar refractivity (Wildman–Crippen MR) is 81.2 cm³/mol. The minimum atomic E-state index is 0.0513. The smallest absolute Gasteiger partial charge is 0.152 e. The van der Waals surface area contributed by atoms with Crippen molar-refractivity contribution in [3.8, 4) is 0 Å². The van der Waals surface area contributed by atoms with Crippen LogP contribution >= 0.6 is 0 Å². The maximum Gasteiger partial charge on any atom is 0.152 e. The summed E-state index contributed by atoms with van der Waals surface area (Å²) in [6.07, 6.45) is 6.13. The van der Waals surface area contributed by atoms with Crippen molar-refractivity contribution in [1.29, 1.82) is 0 Å². The van der Waals surface area contributed by atoms with Crippen LogP contribution in [0.3, 0.4) is 0 Å². The molecule has 1 aliphatic rings. The van der Waals surface area contributed by atoms with Crippen LogP contribution in [0.1, 0.15) is 39.3 Å². The fourth-order valence-corrected chi connectivity index (χ4v) is 2.57. The summed E-state index contributed by atoms with van der Waals surface area (Å²) in [6.45, 7) is 8.67. The van der Waals surface area contributed by atoms with Crippen molar-refractivity contribution in [3.63, 3.8) is 0 Å². The number of hydrogen-bond donors (Lipinski definition) is 2. The zero-order valence-electron chi connectivity index (χ0n) is 12.5. The van der Waals surface area contributed by atoms with Crippen LogP contribution in [0.4, 0.5) is 5.82 Å². The van der Waals surface area contributed by atoms with E-state index in [1.807, 2.05) is 16.9 Å². The second-order valence-electron chi connectivity index (χ2n) is 6.57. The minimum Gasteiger partial charge on any atom is -0.364 e. The Morgan fingerprint density at radius 1 is 1.40 bits per heavy atom. The van der Waals surface area contributed by atoms with Crippen LogP contribution in [0.5, 0.6) is 0 Å². The van der Waals surface area contributed by atoms with Gasteiger partial charge in [0.05, 0.1) is 5.69 Å². The molecule has 20 heavy (non-hydrogen) atoms. The minimum absolute atomic E-state index is 0.0513. The summed E-state index contributed by atoms with van der Waals surface area (Å²) in [5.74, 6) is 0.934. The molecule has 1 saturated heterocycles. The van der Waals surface area contributed by atoms with Crippen LogP contribution in [-0.4, -0.2) is 33.7 Å². The normalized spacial score (nSPS) is 20.2. The van der Waals surface area contributed by atoms with Gasteiger partial charge in [-0.05, 0) is 25.5 Å². The van der Waals surface area contributed by atoms with Crippen molar-refractivity contribution in [1.82, 2.24) is 19.9 Å². The van der Waals surface area contributed by atoms with Crippen LogP contribution in [0.25, 0.3) is 5.52 Å². The van der Waals surface area contributed by atoms with E-state index in [0.29, 0.717) is 6.04 Å². The summed E-state index contributed by atoms with van der Waals surface area (Å²) >= 11 is 0. The van der Waals surface area contributed by atoms with Gasteiger partial charge in [-0.2, -0.15) is 5.10 Å². The Bertz CT molecular complexity index is 590. The van der Waals surface area contributed by atoms with Crippen LogP contribution in [0, 0.1) is 0 Å². The Balaban J connectivity index is 1.92. The van der Waals surface area contributed by atoms with Crippen molar-refractivity contribution >= 4 is 11.3 Å². The summed E-state index contributed by atoms with van der Waals surface area (Å²) in [6, 6.07) is 2.60. The lowest BCUT2D eigenvalue weighted by Crippen LogP contribution is -2.38. The highest BCUT2D eigenvalue weighted by Crippen LogP contribution is 2.25. The van der Waals surface area contributed by atoms with Gasteiger partial charge in [-0.3, -0.25) is 0 Å². The van der Waals surface area contributed by atoms with Gasteiger partial charge in [-0.1, -0.05) is 20.8 Å². The molecule has 2 aromatic heterocycles. The molecule has 5 heteroatoms. The molecule has 1 fully saturated rings. The Morgan fingerprint density at radius 2 is 2.25 bits per heavy atom. The average Bonchev–Trinajstić information content (AvgIpc) is 2.85.